The van der Waals surface area contributed by atoms with E-state index in [1.54, 1.807) is 7.11 Å². The highest BCUT2D eigenvalue weighted by Crippen LogP contribution is 2.33. The SMILES string of the molecule is CCc1nn(C)c(COc2c(CCl)cccc2OC)c1Br. The fraction of sp³-hybridized carbons (Fsp3) is 0.400. The number of hydrogen-bond acceptors (Lipinski definition) is 3. The predicted molar refractivity (Wildman–Crippen MR) is 87.2 cm³/mol. The molecule has 4 nitrogen and oxygen atoms in total. The second kappa shape index (κ2) is 7.18. The number of ether oxygens (including phenoxy) is 2. The highest BCUT2D eigenvalue weighted by Gasteiger charge is 2.15. The summed E-state index contributed by atoms with van der Waals surface area (Å²) in [6, 6.07) is 5.69. The molecule has 0 aliphatic heterocycles. The first-order chi connectivity index (χ1) is 10.1. The Labute approximate surface area is 138 Å². The van der Waals surface area contributed by atoms with E-state index in [4.69, 9.17) is 21.1 Å². The van der Waals surface area contributed by atoms with Gasteiger partial charge in [0.2, 0.25) is 0 Å². The van der Waals surface area contributed by atoms with Gasteiger partial charge in [0.1, 0.15) is 6.61 Å². The summed E-state index contributed by atoms with van der Waals surface area (Å²) in [5.41, 5.74) is 2.91. The fourth-order valence-corrected chi connectivity index (χ4v) is 3.05. The minimum absolute atomic E-state index is 0.374. The normalized spacial score (nSPS) is 10.7. The zero-order chi connectivity index (χ0) is 15.4. The van der Waals surface area contributed by atoms with Crippen molar-refractivity contribution in [3.63, 3.8) is 0 Å². The zero-order valence-electron chi connectivity index (χ0n) is 12.3. The lowest BCUT2D eigenvalue weighted by atomic mass is 10.2. The Hall–Kier alpha value is -1.20. The lowest BCUT2D eigenvalue weighted by Gasteiger charge is -2.14. The van der Waals surface area contributed by atoms with Crippen LogP contribution < -0.4 is 9.47 Å². The maximum Gasteiger partial charge on any atom is 0.166 e. The van der Waals surface area contributed by atoms with E-state index in [1.165, 1.54) is 0 Å². The maximum atomic E-state index is 5.97. The zero-order valence-corrected chi connectivity index (χ0v) is 14.7. The Balaban J connectivity index is 2.26. The molecule has 0 aliphatic rings. The lowest BCUT2D eigenvalue weighted by molar-refractivity contribution is 0.273. The van der Waals surface area contributed by atoms with Crippen LogP contribution in [0, 0.1) is 0 Å². The number of alkyl halides is 1. The van der Waals surface area contributed by atoms with Crippen molar-refractivity contribution >= 4 is 27.5 Å². The first-order valence-electron chi connectivity index (χ1n) is 6.67. The van der Waals surface area contributed by atoms with Crippen LogP contribution in [0.3, 0.4) is 0 Å². The van der Waals surface area contributed by atoms with Crippen molar-refractivity contribution in [1.29, 1.82) is 0 Å². The van der Waals surface area contributed by atoms with E-state index < -0.39 is 0 Å². The molecule has 0 atom stereocenters. The van der Waals surface area contributed by atoms with E-state index in [0.717, 1.165) is 27.8 Å². The minimum atomic E-state index is 0.374. The second-order valence-corrected chi connectivity index (χ2v) is 5.62. The average molecular weight is 374 g/mol. The molecule has 1 aromatic heterocycles. The van der Waals surface area contributed by atoms with E-state index in [0.29, 0.717) is 24.0 Å². The van der Waals surface area contributed by atoms with Gasteiger partial charge in [-0.25, -0.2) is 0 Å². The Kier molecular flexibility index (Phi) is 5.53. The van der Waals surface area contributed by atoms with E-state index in [9.17, 15) is 0 Å². The van der Waals surface area contributed by atoms with Gasteiger partial charge in [-0.1, -0.05) is 19.1 Å². The molecule has 0 aliphatic carbocycles. The standard InChI is InChI=1S/C15H18BrClN2O2/c1-4-11-14(16)12(19(2)18-11)9-21-15-10(8-17)6-5-7-13(15)20-3/h5-7H,4,8-9H2,1-3H3. The molecule has 0 spiro atoms. The molecule has 6 heteroatoms. The molecule has 1 aromatic carbocycles. The molecule has 0 radical (unpaired) electrons. The molecule has 0 bridgehead atoms. The van der Waals surface area contributed by atoms with Crippen molar-refractivity contribution in [2.45, 2.75) is 25.8 Å². The van der Waals surface area contributed by atoms with Gasteiger partial charge in [-0.05, 0) is 28.4 Å². The van der Waals surface area contributed by atoms with Gasteiger partial charge >= 0.3 is 0 Å². The van der Waals surface area contributed by atoms with Crippen LogP contribution in [0.2, 0.25) is 0 Å². The molecular weight excluding hydrogens is 356 g/mol. The molecule has 1 heterocycles. The third-order valence-corrected chi connectivity index (χ3v) is 4.48. The van der Waals surface area contributed by atoms with Crippen LogP contribution in [0.4, 0.5) is 0 Å². The van der Waals surface area contributed by atoms with Crippen molar-refractivity contribution in [2.24, 2.45) is 7.05 Å². The number of halogens is 2. The molecule has 2 rings (SSSR count). The van der Waals surface area contributed by atoms with Gasteiger partial charge in [0.25, 0.3) is 0 Å². The van der Waals surface area contributed by atoms with E-state index in [1.807, 2.05) is 29.9 Å². The summed E-state index contributed by atoms with van der Waals surface area (Å²) in [6.45, 7) is 2.47. The number of nitrogens with zero attached hydrogens (tertiary/aromatic N) is 2. The summed E-state index contributed by atoms with van der Waals surface area (Å²) in [5.74, 6) is 1.74. The van der Waals surface area contributed by atoms with Gasteiger partial charge < -0.3 is 9.47 Å². The smallest absolute Gasteiger partial charge is 0.166 e. The molecule has 21 heavy (non-hydrogen) atoms. The highest BCUT2D eigenvalue weighted by atomic mass is 79.9. The van der Waals surface area contributed by atoms with Crippen LogP contribution >= 0.6 is 27.5 Å². The number of rotatable bonds is 6. The molecule has 114 valence electrons. The van der Waals surface area contributed by atoms with Crippen LogP contribution in [0.25, 0.3) is 0 Å². The van der Waals surface area contributed by atoms with E-state index in [2.05, 4.69) is 28.0 Å². The maximum absolute atomic E-state index is 5.97. The van der Waals surface area contributed by atoms with Crippen molar-refractivity contribution in [1.82, 2.24) is 9.78 Å². The van der Waals surface area contributed by atoms with E-state index in [-0.39, 0.29) is 0 Å². The van der Waals surface area contributed by atoms with E-state index >= 15 is 0 Å². The Morgan fingerprint density at radius 1 is 1.38 bits per heavy atom. The quantitative estimate of drug-likeness (QED) is 0.716. The molecule has 0 unspecified atom stereocenters. The van der Waals surface area contributed by atoms with Crippen molar-refractivity contribution in [2.75, 3.05) is 7.11 Å². The molecule has 0 fully saturated rings. The molecule has 0 N–H and O–H groups in total. The summed E-state index contributed by atoms with van der Waals surface area (Å²) in [4.78, 5) is 0. The third-order valence-electron chi connectivity index (χ3n) is 3.28. The molecule has 0 saturated heterocycles. The molecule has 0 saturated carbocycles. The van der Waals surface area contributed by atoms with Gasteiger partial charge in [-0.3, -0.25) is 4.68 Å². The van der Waals surface area contributed by atoms with Crippen LogP contribution in [0.5, 0.6) is 11.5 Å². The van der Waals surface area contributed by atoms with Crippen molar-refractivity contribution < 1.29 is 9.47 Å². The Morgan fingerprint density at radius 3 is 2.71 bits per heavy atom. The Morgan fingerprint density at radius 2 is 2.14 bits per heavy atom. The molecular formula is C15H18BrClN2O2. The van der Waals surface area contributed by atoms with Crippen LogP contribution in [-0.4, -0.2) is 16.9 Å². The van der Waals surface area contributed by atoms with Crippen LogP contribution in [0.15, 0.2) is 22.7 Å². The monoisotopic (exact) mass is 372 g/mol. The number of para-hydroxylation sites is 1. The summed E-state index contributed by atoms with van der Waals surface area (Å²) in [7, 11) is 3.53. The summed E-state index contributed by atoms with van der Waals surface area (Å²) < 4.78 is 14.1. The van der Waals surface area contributed by atoms with Crippen molar-refractivity contribution in [3.8, 4) is 11.5 Å². The number of benzene rings is 1. The average Bonchev–Trinajstić information content (AvgIpc) is 2.78. The van der Waals surface area contributed by atoms with Gasteiger partial charge in [0.05, 0.1) is 28.9 Å². The number of aryl methyl sites for hydroxylation is 2. The second-order valence-electron chi connectivity index (χ2n) is 4.56. The van der Waals surface area contributed by atoms with Gasteiger partial charge in [-0.15, -0.1) is 11.6 Å². The Bertz CT molecular complexity index is 606. The molecule has 2 aromatic rings. The number of hydrogen-bond donors (Lipinski definition) is 0. The highest BCUT2D eigenvalue weighted by molar-refractivity contribution is 9.10. The van der Waals surface area contributed by atoms with Gasteiger partial charge in [0.15, 0.2) is 11.5 Å². The molecule has 0 amide bonds. The first kappa shape index (κ1) is 16.2. The topological polar surface area (TPSA) is 36.3 Å². The minimum Gasteiger partial charge on any atom is -0.493 e. The number of methoxy groups -OCH3 is 1. The summed E-state index contributed by atoms with van der Waals surface area (Å²) in [5, 5.41) is 4.46. The largest absolute Gasteiger partial charge is 0.493 e. The van der Waals surface area contributed by atoms with Gasteiger partial charge in [-0.2, -0.15) is 5.10 Å². The lowest BCUT2D eigenvalue weighted by Crippen LogP contribution is -2.05. The predicted octanol–water partition coefficient (Wildman–Crippen LogP) is 4.07. The van der Waals surface area contributed by atoms with Crippen molar-refractivity contribution in [3.05, 3.63) is 39.6 Å². The third kappa shape index (κ3) is 3.35. The van der Waals surface area contributed by atoms with Crippen LogP contribution in [0.1, 0.15) is 23.9 Å². The van der Waals surface area contributed by atoms with Gasteiger partial charge in [0, 0.05) is 12.6 Å². The first-order valence-corrected chi connectivity index (χ1v) is 8.00. The summed E-state index contributed by atoms with van der Waals surface area (Å²) >= 11 is 9.56. The fourth-order valence-electron chi connectivity index (χ4n) is 2.11. The number of aromatic nitrogens is 2. The summed E-state index contributed by atoms with van der Waals surface area (Å²) in [6.07, 6.45) is 0.871. The van der Waals surface area contributed by atoms with Crippen LogP contribution in [-0.2, 0) is 26.0 Å².